The van der Waals surface area contributed by atoms with Gasteiger partial charge in [0.25, 0.3) is 11.8 Å². The first-order valence-corrected chi connectivity index (χ1v) is 8.51. The summed E-state index contributed by atoms with van der Waals surface area (Å²) in [6.45, 7) is 2.84. The zero-order valence-corrected chi connectivity index (χ0v) is 14.6. The van der Waals surface area contributed by atoms with Gasteiger partial charge in [0.15, 0.2) is 0 Å². The van der Waals surface area contributed by atoms with Gasteiger partial charge >= 0.3 is 6.18 Å². The Hall–Kier alpha value is -2.90. The number of likely N-dealkylation sites (tertiary alicyclic amines) is 1. The number of amides is 2. The molecule has 1 saturated heterocycles. The summed E-state index contributed by atoms with van der Waals surface area (Å²) in [5.41, 5.74) is -0.0238. The number of halogens is 3. The summed E-state index contributed by atoms with van der Waals surface area (Å²) in [6.07, 6.45) is -2.56. The maximum Gasteiger partial charge on any atom is 0.433 e. The third-order valence-corrected chi connectivity index (χ3v) is 4.40. The summed E-state index contributed by atoms with van der Waals surface area (Å²) in [4.78, 5) is 29.8. The van der Waals surface area contributed by atoms with Crippen molar-refractivity contribution in [1.29, 1.82) is 0 Å². The van der Waals surface area contributed by atoms with Crippen LogP contribution in [0.4, 0.5) is 18.9 Å². The second-order valence-electron chi connectivity index (χ2n) is 6.36. The van der Waals surface area contributed by atoms with Crippen LogP contribution in [0.1, 0.15) is 44.9 Å². The van der Waals surface area contributed by atoms with Gasteiger partial charge < -0.3 is 10.2 Å². The Balaban J connectivity index is 1.70. The van der Waals surface area contributed by atoms with Crippen LogP contribution in [0.5, 0.6) is 0 Å². The highest BCUT2D eigenvalue weighted by Crippen LogP contribution is 2.28. The summed E-state index contributed by atoms with van der Waals surface area (Å²) >= 11 is 0. The number of pyridine rings is 1. The molecule has 0 spiro atoms. The molecule has 0 bridgehead atoms. The topological polar surface area (TPSA) is 62.3 Å². The van der Waals surface area contributed by atoms with E-state index in [9.17, 15) is 22.8 Å². The van der Waals surface area contributed by atoms with Crippen molar-refractivity contribution in [3.05, 3.63) is 58.9 Å². The molecule has 0 aliphatic carbocycles. The number of benzene rings is 1. The summed E-state index contributed by atoms with van der Waals surface area (Å²) in [7, 11) is 0. The standard InChI is InChI=1S/C19H18F3N3O2/c1-12-15(8-9-16(23-12)19(20,21)22)17(26)24-14-6-4-13(5-7-14)18(27)25-10-2-3-11-25/h4-9H,2-3,10-11H2,1H3,(H,24,26). The molecule has 2 heterocycles. The minimum Gasteiger partial charge on any atom is -0.339 e. The van der Waals surface area contributed by atoms with Crippen molar-refractivity contribution < 1.29 is 22.8 Å². The summed E-state index contributed by atoms with van der Waals surface area (Å²) in [6, 6.07) is 8.30. The Morgan fingerprint density at radius 2 is 1.67 bits per heavy atom. The Morgan fingerprint density at radius 1 is 1.04 bits per heavy atom. The minimum absolute atomic E-state index is 0.0110. The van der Waals surface area contributed by atoms with Crippen molar-refractivity contribution in [3.63, 3.8) is 0 Å². The number of carbonyl (C=O) groups is 2. The number of aromatic nitrogens is 1. The number of nitrogens with zero attached hydrogens (tertiary/aromatic N) is 2. The lowest BCUT2D eigenvalue weighted by atomic mass is 10.1. The Morgan fingerprint density at radius 3 is 2.22 bits per heavy atom. The van der Waals surface area contributed by atoms with Crippen LogP contribution in [0.3, 0.4) is 0 Å². The van der Waals surface area contributed by atoms with Crippen LogP contribution < -0.4 is 5.32 Å². The molecule has 2 amide bonds. The van der Waals surface area contributed by atoms with Crippen LogP contribution in [0.25, 0.3) is 0 Å². The third kappa shape index (κ3) is 4.27. The lowest BCUT2D eigenvalue weighted by Crippen LogP contribution is -2.27. The van der Waals surface area contributed by atoms with E-state index in [2.05, 4.69) is 10.3 Å². The molecule has 0 unspecified atom stereocenters. The third-order valence-electron chi connectivity index (χ3n) is 4.40. The van der Waals surface area contributed by atoms with Crippen molar-refractivity contribution in [1.82, 2.24) is 9.88 Å². The van der Waals surface area contributed by atoms with Crippen LogP contribution in [0.2, 0.25) is 0 Å². The van der Waals surface area contributed by atoms with Crippen molar-refractivity contribution >= 4 is 17.5 Å². The zero-order chi connectivity index (χ0) is 19.6. The van der Waals surface area contributed by atoms with Gasteiger partial charge in [0.2, 0.25) is 0 Å². The van der Waals surface area contributed by atoms with Crippen molar-refractivity contribution in [2.45, 2.75) is 25.9 Å². The number of rotatable bonds is 3. The van der Waals surface area contributed by atoms with Gasteiger partial charge in [0.05, 0.1) is 11.3 Å². The summed E-state index contributed by atoms with van der Waals surface area (Å²) < 4.78 is 38.0. The van der Waals surface area contributed by atoms with Gasteiger partial charge in [-0.05, 0) is 56.2 Å². The molecular formula is C19H18F3N3O2. The predicted octanol–water partition coefficient (Wildman–Crippen LogP) is 3.90. The number of hydrogen-bond acceptors (Lipinski definition) is 3. The maximum absolute atomic E-state index is 12.7. The maximum atomic E-state index is 12.7. The highest BCUT2D eigenvalue weighted by molar-refractivity contribution is 6.05. The number of hydrogen-bond donors (Lipinski definition) is 1. The van der Waals surface area contributed by atoms with Gasteiger partial charge in [0.1, 0.15) is 5.69 Å². The highest BCUT2D eigenvalue weighted by atomic mass is 19.4. The fraction of sp³-hybridized carbons (Fsp3) is 0.316. The molecule has 8 heteroatoms. The fourth-order valence-electron chi connectivity index (χ4n) is 2.96. The number of aryl methyl sites for hydroxylation is 1. The minimum atomic E-state index is -4.56. The Bertz CT molecular complexity index is 857. The molecule has 1 aromatic carbocycles. The molecule has 2 aromatic rings. The van der Waals surface area contributed by atoms with E-state index in [1.165, 1.54) is 6.92 Å². The first-order chi connectivity index (χ1) is 12.8. The fourth-order valence-corrected chi connectivity index (χ4v) is 2.96. The largest absolute Gasteiger partial charge is 0.433 e. The van der Waals surface area contributed by atoms with Gasteiger partial charge in [-0.3, -0.25) is 9.59 Å². The normalized spacial score (nSPS) is 14.3. The molecule has 5 nitrogen and oxygen atoms in total. The molecule has 27 heavy (non-hydrogen) atoms. The summed E-state index contributed by atoms with van der Waals surface area (Å²) in [5, 5.41) is 2.61. The van der Waals surface area contributed by atoms with Gasteiger partial charge in [-0.15, -0.1) is 0 Å². The van der Waals surface area contributed by atoms with Crippen LogP contribution in [0, 0.1) is 6.92 Å². The number of alkyl halides is 3. The van der Waals surface area contributed by atoms with E-state index >= 15 is 0 Å². The van der Waals surface area contributed by atoms with Crippen molar-refractivity contribution in [2.75, 3.05) is 18.4 Å². The van der Waals surface area contributed by atoms with Gasteiger partial charge in [-0.2, -0.15) is 13.2 Å². The molecular weight excluding hydrogens is 359 g/mol. The zero-order valence-electron chi connectivity index (χ0n) is 14.6. The first kappa shape index (κ1) is 18.9. The molecule has 1 aliphatic heterocycles. The molecule has 0 saturated carbocycles. The molecule has 1 aromatic heterocycles. The predicted molar refractivity (Wildman–Crippen MR) is 93.5 cm³/mol. The van der Waals surface area contributed by atoms with Crippen LogP contribution >= 0.6 is 0 Å². The van der Waals surface area contributed by atoms with Crippen molar-refractivity contribution in [3.8, 4) is 0 Å². The van der Waals surface area contributed by atoms with Crippen molar-refractivity contribution in [2.24, 2.45) is 0 Å². The molecule has 0 radical (unpaired) electrons. The number of anilines is 1. The van der Waals surface area contributed by atoms with E-state index in [0.717, 1.165) is 38.1 Å². The monoisotopic (exact) mass is 377 g/mol. The molecule has 1 aliphatic rings. The second-order valence-corrected chi connectivity index (χ2v) is 6.36. The second kappa shape index (κ2) is 7.38. The smallest absolute Gasteiger partial charge is 0.339 e. The van der Waals surface area contributed by atoms with Crippen LogP contribution in [0.15, 0.2) is 36.4 Å². The van der Waals surface area contributed by atoms with E-state index in [-0.39, 0.29) is 17.2 Å². The van der Waals surface area contributed by atoms with E-state index in [1.54, 1.807) is 29.2 Å². The average molecular weight is 377 g/mol. The lowest BCUT2D eigenvalue weighted by molar-refractivity contribution is -0.141. The van der Waals surface area contributed by atoms with Crippen LogP contribution in [-0.4, -0.2) is 34.8 Å². The molecule has 142 valence electrons. The van der Waals surface area contributed by atoms with Gasteiger partial charge in [0, 0.05) is 24.3 Å². The molecule has 1 fully saturated rings. The Labute approximate surface area is 154 Å². The van der Waals surface area contributed by atoms with Crippen LogP contribution in [-0.2, 0) is 6.18 Å². The summed E-state index contributed by atoms with van der Waals surface area (Å²) in [5.74, 6) is -0.611. The van der Waals surface area contributed by atoms with E-state index in [4.69, 9.17) is 0 Å². The Kier molecular flexibility index (Phi) is 5.16. The quantitative estimate of drug-likeness (QED) is 0.883. The lowest BCUT2D eigenvalue weighted by Gasteiger charge is -2.15. The molecule has 1 N–H and O–H groups in total. The number of carbonyl (C=O) groups excluding carboxylic acids is 2. The average Bonchev–Trinajstić information content (AvgIpc) is 3.15. The van der Waals surface area contributed by atoms with Gasteiger partial charge in [-0.25, -0.2) is 4.98 Å². The molecule has 3 rings (SSSR count). The number of nitrogens with one attached hydrogen (secondary N) is 1. The first-order valence-electron chi connectivity index (χ1n) is 8.51. The van der Waals surface area contributed by atoms with Gasteiger partial charge in [-0.1, -0.05) is 0 Å². The van der Waals surface area contributed by atoms with E-state index in [1.807, 2.05) is 0 Å². The van der Waals surface area contributed by atoms with E-state index in [0.29, 0.717) is 11.3 Å². The SMILES string of the molecule is Cc1nc(C(F)(F)F)ccc1C(=O)Nc1ccc(C(=O)N2CCCC2)cc1. The molecule has 0 atom stereocenters. The highest BCUT2D eigenvalue weighted by Gasteiger charge is 2.33. The van der Waals surface area contributed by atoms with E-state index < -0.39 is 17.8 Å².